The maximum Gasteiger partial charge on any atom is 0.155 e. The molecular weight excluding hydrogens is 392 g/mol. The summed E-state index contributed by atoms with van der Waals surface area (Å²) in [5.74, 6) is 0. The van der Waals surface area contributed by atoms with Crippen molar-refractivity contribution in [1.29, 1.82) is 0 Å². The van der Waals surface area contributed by atoms with Gasteiger partial charge in [-0.05, 0) is 48.2 Å². The van der Waals surface area contributed by atoms with Crippen molar-refractivity contribution in [3.8, 4) is 33.8 Å². The second-order valence-electron chi connectivity index (χ2n) is 7.20. The number of nitrogens with zero attached hydrogens (tertiary/aromatic N) is 4. The van der Waals surface area contributed by atoms with E-state index in [-0.39, 0.29) is 0 Å². The van der Waals surface area contributed by atoms with E-state index in [0.717, 1.165) is 61.3 Å². The predicted octanol–water partition coefficient (Wildman–Crippen LogP) is 5.60. The molecule has 6 heterocycles. The van der Waals surface area contributed by atoms with Crippen LogP contribution in [-0.4, -0.2) is 30.1 Å². The lowest BCUT2D eigenvalue weighted by Gasteiger charge is -2.04. The fourth-order valence-corrected chi connectivity index (χ4v) is 4.47. The zero-order chi connectivity index (χ0) is 20.1. The predicted molar refractivity (Wildman–Crippen MR) is 120 cm³/mol. The topological polar surface area (TPSA) is 83.1 Å². The Morgan fingerprint density at radius 3 is 2.73 bits per heavy atom. The van der Waals surface area contributed by atoms with E-state index < -0.39 is 0 Å². The molecule has 0 radical (unpaired) electrons. The van der Waals surface area contributed by atoms with Gasteiger partial charge in [0.05, 0.1) is 11.4 Å². The zero-order valence-corrected chi connectivity index (χ0v) is 16.9. The van der Waals surface area contributed by atoms with Gasteiger partial charge in [-0.25, -0.2) is 4.98 Å². The fraction of sp³-hybridized carbons (Fsp3) is 0.0435. The molecule has 0 aromatic carbocycles. The van der Waals surface area contributed by atoms with Crippen LogP contribution in [0.15, 0.2) is 65.9 Å². The second-order valence-corrected chi connectivity index (χ2v) is 7.98. The summed E-state index contributed by atoms with van der Waals surface area (Å²) in [6.45, 7) is 2.08. The first-order chi connectivity index (χ1) is 14.8. The fourth-order valence-electron chi connectivity index (χ4n) is 3.83. The monoisotopic (exact) mass is 408 g/mol. The van der Waals surface area contributed by atoms with E-state index in [0.29, 0.717) is 0 Å². The Morgan fingerprint density at radius 2 is 1.87 bits per heavy atom. The highest BCUT2D eigenvalue weighted by molar-refractivity contribution is 7.08. The number of pyridine rings is 3. The third-order valence-electron chi connectivity index (χ3n) is 5.36. The van der Waals surface area contributed by atoms with Crippen molar-refractivity contribution < 1.29 is 0 Å². The summed E-state index contributed by atoms with van der Waals surface area (Å²) in [6, 6.07) is 10.3. The summed E-state index contributed by atoms with van der Waals surface area (Å²) in [5, 5.41) is 13.8. The third-order valence-corrected chi connectivity index (χ3v) is 6.05. The number of rotatable bonds is 3. The Bertz CT molecular complexity index is 1510. The summed E-state index contributed by atoms with van der Waals surface area (Å²) in [6.07, 6.45) is 7.37. The van der Waals surface area contributed by atoms with Gasteiger partial charge in [-0.15, -0.1) is 0 Å². The van der Waals surface area contributed by atoms with E-state index in [9.17, 15) is 0 Å². The van der Waals surface area contributed by atoms with E-state index in [1.54, 1.807) is 17.5 Å². The molecule has 2 N–H and O–H groups in total. The quantitative estimate of drug-likeness (QED) is 0.399. The highest BCUT2D eigenvalue weighted by Gasteiger charge is 2.16. The minimum absolute atomic E-state index is 0.755. The first-order valence-corrected chi connectivity index (χ1v) is 10.5. The number of nitrogens with one attached hydrogen (secondary N) is 2. The zero-order valence-electron chi connectivity index (χ0n) is 16.0. The molecule has 0 saturated heterocycles. The first-order valence-electron chi connectivity index (χ1n) is 9.54. The van der Waals surface area contributed by atoms with Crippen LogP contribution in [0.1, 0.15) is 5.56 Å². The van der Waals surface area contributed by atoms with Gasteiger partial charge in [0.1, 0.15) is 5.69 Å². The smallest absolute Gasteiger partial charge is 0.155 e. The molecular formula is C23H16N6S. The maximum absolute atomic E-state index is 4.61. The number of thiophene rings is 1. The molecule has 0 aliphatic heterocycles. The minimum atomic E-state index is 0.755. The Labute approximate surface area is 175 Å². The molecule has 0 amide bonds. The molecule has 6 aromatic heterocycles. The van der Waals surface area contributed by atoms with Gasteiger partial charge in [-0.3, -0.25) is 15.1 Å². The van der Waals surface area contributed by atoms with Crippen LogP contribution in [0, 0.1) is 6.92 Å². The van der Waals surface area contributed by atoms with Gasteiger partial charge in [-0.1, -0.05) is 0 Å². The van der Waals surface area contributed by atoms with Crippen LogP contribution in [0.25, 0.3) is 55.7 Å². The van der Waals surface area contributed by atoms with Gasteiger partial charge in [0, 0.05) is 63.1 Å². The number of aromatic nitrogens is 6. The van der Waals surface area contributed by atoms with Gasteiger partial charge < -0.3 is 4.98 Å². The van der Waals surface area contributed by atoms with Crippen LogP contribution in [0.5, 0.6) is 0 Å². The van der Waals surface area contributed by atoms with Crippen molar-refractivity contribution >= 4 is 33.3 Å². The molecule has 0 fully saturated rings. The van der Waals surface area contributed by atoms with Gasteiger partial charge in [0.25, 0.3) is 0 Å². The Hall–Kier alpha value is -3.84. The molecule has 0 atom stereocenters. The SMILES string of the molecule is Cc1ccncc1-c1cnc2[nH]nc(-c3cc4c(-c5ccsc5)nccc4[nH]3)c2c1. The number of hydrogen-bond donors (Lipinski definition) is 2. The van der Waals surface area contributed by atoms with Gasteiger partial charge in [-0.2, -0.15) is 16.4 Å². The summed E-state index contributed by atoms with van der Waals surface area (Å²) in [5.41, 5.74) is 8.91. The van der Waals surface area contributed by atoms with Crippen molar-refractivity contribution in [1.82, 2.24) is 30.1 Å². The molecule has 0 saturated carbocycles. The van der Waals surface area contributed by atoms with Crippen molar-refractivity contribution in [3.63, 3.8) is 0 Å². The van der Waals surface area contributed by atoms with Crippen LogP contribution in [-0.2, 0) is 0 Å². The first kappa shape index (κ1) is 17.1. The van der Waals surface area contributed by atoms with Gasteiger partial charge in [0.2, 0.25) is 0 Å². The number of hydrogen-bond acceptors (Lipinski definition) is 5. The number of aromatic amines is 2. The molecule has 6 rings (SSSR count). The molecule has 7 heteroatoms. The van der Waals surface area contributed by atoms with Gasteiger partial charge in [0.15, 0.2) is 5.65 Å². The maximum atomic E-state index is 4.61. The Kier molecular flexibility index (Phi) is 3.75. The van der Waals surface area contributed by atoms with E-state index >= 15 is 0 Å². The van der Waals surface area contributed by atoms with E-state index in [1.165, 1.54) is 0 Å². The molecule has 0 unspecified atom stereocenters. The lowest BCUT2D eigenvalue weighted by molar-refractivity contribution is 1.10. The molecule has 6 nitrogen and oxygen atoms in total. The number of H-pyrrole nitrogens is 2. The molecule has 0 aliphatic rings. The summed E-state index contributed by atoms with van der Waals surface area (Å²) >= 11 is 1.67. The second kappa shape index (κ2) is 6.60. The lowest BCUT2D eigenvalue weighted by atomic mass is 10.0. The standard InChI is InChI=1S/C23H16N6S/c1-13-2-5-24-11-18(13)15-8-17-22(28-29-23(17)26-10-15)20-9-16-19(27-20)3-6-25-21(16)14-4-7-30-12-14/h2-12,27H,1H3,(H,26,28,29). The van der Waals surface area contributed by atoms with E-state index in [1.807, 2.05) is 30.7 Å². The lowest BCUT2D eigenvalue weighted by Crippen LogP contribution is -1.87. The van der Waals surface area contributed by atoms with E-state index in [4.69, 9.17) is 0 Å². The number of aryl methyl sites for hydroxylation is 1. The van der Waals surface area contributed by atoms with Crippen LogP contribution in [0.2, 0.25) is 0 Å². The van der Waals surface area contributed by atoms with E-state index in [2.05, 4.69) is 66.0 Å². The van der Waals surface area contributed by atoms with Crippen LogP contribution < -0.4 is 0 Å². The molecule has 0 aliphatic carbocycles. The third kappa shape index (κ3) is 2.63. The van der Waals surface area contributed by atoms with Crippen LogP contribution in [0.4, 0.5) is 0 Å². The highest BCUT2D eigenvalue weighted by Crippen LogP contribution is 2.34. The Balaban J connectivity index is 1.53. The van der Waals surface area contributed by atoms with Crippen molar-refractivity contribution in [3.05, 3.63) is 71.4 Å². The van der Waals surface area contributed by atoms with Crippen LogP contribution >= 0.6 is 11.3 Å². The van der Waals surface area contributed by atoms with Crippen molar-refractivity contribution in [2.45, 2.75) is 6.92 Å². The summed E-state index contributed by atoms with van der Waals surface area (Å²) < 4.78 is 0. The molecule has 6 aromatic rings. The molecule has 0 bridgehead atoms. The average Bonchev–Trinajstić information content (AvgIpc) is 3.51. The average molecular weight is 408 g/mol. The van der Waals surface area contributed by atoms with Crippen LogP contribution in [0.3, 0.4) is 0 Å². The highest BCUT2D eigenvalue weighted by atomic mass is 32.1. The minimum Gasteiger partial charge on any atom is -0.353 e. The van der Waals surface area contributed by atoms with Crippen molar-refractivity contribution in [2.75, 3.05) is 0 Å². The Morgan fingerprint density at radius 1 is 0.900 bits per heavy atom. The summed E-state index contributed by atoms with van der Waals surface area (Å²) in [7, 11) is 0. The molecule has 30 heavy (non-hydrogen) atoms. The summed E-state index contributed by atoms with van der Waals surface area (Å²) in [4.78, 5) is 17.0. The number of fused-ring (bicyclic) bond motifs is 2. The normalized spacial score (nSPS) is 11.5. The van der Waals surface area contributed by atoms with Gasteiger partial charge >= 0.3 is 0 Å². The molecule has 144 valence electrons. The van der Waals surface area contributed by atoms with Crippen molar-refractivity contribution in [2.24, 2.45) is 0 Å². The largest absolute Gasteiger partial charge is 0.353 e. The molecule has 0 spiro atoms.